The fourth-order valence-electron chi connectivity index (χ4n) is 0.234. The van der Waals surface area contributed by atoms with E-state index in [1.54, 1.807) is 0 Å². The summed E-state index contributed by atoms with van der Waals surface area (Å²) in [6.07, 6.45) is -1.24. The minimum Gasteiger partial charge on any atom is -0.361 e. The van der Waals surface area contributed by atoms with Crippen molar-refractivity contribution in [2.45, 2.75) is 0 Å². The molecule has 0 aromatic rings. The zero-order valence-electron chi connectivity index (χ0n) is 4.90. The molecule has 9 heavy (non-hydrogen) atoms. The second-order valence-electron chi connectivity index (χ2n) is 1.75. The van der Waals surface area contributed by atoms with Gasteiger partial charge >= 0.3 is 0 Å². The number of carbonyl (C=O) groups is 1. The summed E-state index contributed by atoms with van der Waals surface area (Å²) in [6, 6.07) is 0.465. The highest BCUT2D eigenvalue weighted by Crippen LogP contribution is 2.52. The SMILES string of the molecule is O=C[P+](CO)(CO)CO. The average Bonchev–Trinajstić information content (AvgIpc) is 1.95. The Morgan fingerprint density at radius 2 is 1.44 bits per heavy atom. The largest absolute Gasteiger partial charge is 0.361 e. The first kappa shape index (κ1) is 8.98. The summed E-state index contributed by atoms with van der Waals surface area (Å²) >= 11 is 0. The first-order valence-corrected chi connectivity index (χ1v) is 4.81. The molecule has 0 aliphatic carbocycles. The molecule has 0 saturated heterocycles. The molecule has 0 rings (SSSR count). The van der Waals surface area contributed by atoms with Gasteiger partial charge in [-0.25, -0.2) is 0 Å². The van der Waals surface area contributed by atoms with Gasteiger partial charge < -0.3 is 15.3 Å². The molecule has 0 aliphatic rings. The monoisotopic (exact) mass is 153 g/mol. The molecule has 0 aromatic carbocycles. The van der Waals surface area contributed by atoms with Crippen molar-refractivity contribution in [2.75, 3.05) is 19.0 Å². The van der Waals surface area contributed by atoms with Crippen LogP contribution in [0, 0.1) is 0 Å². The van der Waals surface area contributed by atoms with Crippen molar-refractivity contribution in [3.05, 3.63) is 0 Å². The maximum absolute atomic E-state index is 10.1. The number of hydrogen-bond acceptors (Lipinski definition) is 4. The maximum Gasteiger partial charge on any atom is 0.263 e. The summed E-state index contributed by atoms with van der Waals surface area (Å²) in [5, 5.41) is 25.4. The number of aliphatic hydroxyl groups excluding tert-OH is 3. The second-order valence-corrected chi connectivity index (χ2v) is 5.24. The zero-order valence-corrected chi connectivity index (χ0v) is 5.79. The number of rotatable bonds is 4. The molecular formula is C4H10O4P+. The van der Waals surface area contributed by atoms with E-state index in [0.29, 0.717) is 6.03 Å². The van der Waals surface area contributed by atoms with Gasteiger partial charge in [-0.15, -0.1) is 0 Å². The molecule has 3 N–H and O–H groups in total. The van der Waals surface area contributed by atoms with Crippen LogP contribution in [0.4, 0.5) is 0 Å². The van der Waals surface area contributed by atoms with Crippen LogP contribution in [0.25, 0.3) is 0 Å². The lowest BCUT2D eigenvalue weighted by Crippen LogP contribution is -2.07. The zero-order chi connectivity index (χ0) is 7.33. The van der Waals surface area contributed by atoms with Crippen LogP contribution in [0.2, 0.25) is 0 Å². The fourth-order valence-corrected chi connectivity index (χ4v) is 0.702. The smallest absolute Gasteiger partial charge is 0.263 e. The van der Waals surface area contributed by atoms with Crippen molar-refractivity contribution in [1.29, 1.82) is 0 Å². The molecular weight excluding hydrogens is 143 g/mol. The molecule has 5 heteroatoms. The van der Waals surface area contributed by atoms with Crippen molar-refractivity contribution in [3.8, 4) is 0 Å². The van der Waals surface area contributed by atoms with E-state index in [0.717, 1.165) is 0 Å². The van der Waals surface area contributed by atoms with Crippen molar-refractivity contribution in [2.24, 2.45) is 0 Å². The molecule has 0 radical (unpaired) electrons. The highest BCUT2D eigenvalue weighted by molar-refractivity contribution is 7.88. The summed E-state index contributed by atoms with van der Waals surface area (Å²) in [5.41, 5.74) is 0. The van der Waals surface area contributed by atoms with Crippen molar-refractivity contribution >= 4 is 13.3 Å². The number of carbonyl (C=O) groups excluding carboxylic acids is 1. The Bertz CT molecular complexity index is 82.3. The Balaban J connectivity index is 3.98. The van der Waals surface area contributed by atoms with Gasteiger partial charge in [-0.2, -0.15) is 0 Å². The van der Waals surface area contributed by atoms with E-state index >= 15 is 0 Å². The third-order valence-electron chi connectivity index (χ3n) is 1.07. The molecule has 54 valence electrons. The first-order chi connectivity index (χ1) is 4.24. The van der Waals surface area contributed by atoms with Crippen molar-refractivity contribution < 1.29 is 20.1 Å². The molecule has 0 saturated carbocycles. The molecule has 0 unspecified atom stereocenters. The van der Waals surface area contributed by atoms with Crippen LogP contribution in [0.5, 0.6) is 0 Å². The number of hydrogen-bond donors (Lipinski definition) is 3. The van der Waals surface area contributed by atoms with E-state index in [1.807, 2.05) is 0 Å². The minimum absolute atomic E-state index is 0.413. The van der Waals surface area contributed by atoms with E-state index in [9.17, 15) is 4.79 Å². The molecule has 4 nitrogen and oxygen atoms in total. The molecule has 0 spiro atoms. The van der Waals surface area contributed by atoms with Crippen LogP contribution in [0.15, 0.2) is 0 Å². The van der Waals surface area contributed by atoms with Gasteiger partial charge in [0, 0.05) is 0 Å². The maximum atomic E-state index is 10.1. The molecule has 0 aliphatic heterocycles. The van der Waals surface area contributed by atoms with Crippen LogP contribution >= 0.6 is 7.26 Å². The minimum atomic E-state index is -2.43. The highest BCUT2D eigenvalue weighted by atomic mass is 31.2. The Labute approximate surface area is 53.5 Å². The second kappa shape index (κ2) is 3.90. The predicted octanol–water partition coefficient (Wildman–Crippen LogP) is -0.956. The normalized spacial score (nSPS) is 11.4. The first-order valence-electron chi connectivity index (χ1n) is 2.39. The van der Waals surface area contributed by atoms with Crippen LogP contribution in [0.3, 0.4) is 0 Å². The lowest BCUT2D eigenvalue weighted by Gasteiger charge is -2.10. The summed E-state index contributed by atoms with van der Waals surface area (Å²) < 4.78 is 0. The van der Waals surface area contributed by atoms with E-state index in [4.69, 9.17) is 15.3 Å². The average molecular weight is 153 g/mol. The lowest BCUT2D eigenvalue weighted by molar-refractivity contribution is 0.315. The molecule has 0 aromatic heterocycles. The highest BCUT2D eigenvalue weighted by Gasteiger charge is 2.35. The van der Waals surface area contributed by atoms with Gasteiger partial charge in [0.2, 0.25) is 0 Å². The van der Waals surface area contributed by atoms with Gasteiger partial charge in [-0.3, -0.25) is 4.79 Å². The topological polar surface area (TPSA) is 77.8 Å². The molecule has 0 fully saturated rings. The van der Waals surface area contributed by atoms with Crippen LogP contribution in [-0.2, 0) is 4.79 Å². The van der Waals surface area contributed by atoms with Crippen LogP contribution in [0.1, 0.15) is 0 Å². The van der Waals surface area contributed by atoms with Gasteiger partial charge in [0.1, 0.15) is 0 Å². The Morgan fingerprint density at radius 1 is 1.11 bits per heavy atom. The summed E-state index contributed by atoms with van der Waals surface area (Å²) in [6.45, 7) is 0. The van der Waals surface area contributed by atoms with E-state index in [-0.39, 0.29) is 0 Å². The Hall–Kier alpha value is -0.0200. The number of aliphatic hydroxyl groups is 3. The molecule has 0 heterocycles. The van der Waals surface area contributed by atoms with Gasteiger partial charge in [-0.1, -0.05) is 0 Å². The third kappa shape index (κ3) is 1.99. The van der Waals surface area contributed by atoms with Crippen LogP contribution in [-0.4, -0.2) is 40.4 Å². The lowest BCUT2D eigenvalue weighted by atomic mass is 11.6. The van der Waals surface area contributed by atoms with E-state index < -0.39 is 26.3 Å². The summed E-state index contributed by atoms with van der Waals surface area (Å²) in [7, 11) is -2.43. The Morgan fingerprint density at radius 3 is 1.44 bits per heavy atom. The fraction of sp³-hybridized carbons (Fsp3) is 0.750. The van der Waals surface area contributed by atoms with Gasteiger partial charge in [0.05, 0.1) is 0 Å². The summed E-state index contributed by atoms with van der Waals surface area (Å²) in [5.74, 6) is 0. The molecule has 0 atom stereocenters. The van der Waals surface area contributed by atoms with E-state index in [2.05, 4.69) is 0 Å². The third-order valence-corrected chi connectivity index (χ3v) is 3.21. The molecule has 0 bridgehead atoms. The van der Waals surface area contributed by atoms with Gasteiger partial charge in [-0.05, 0) is 0 Å². The van der Waals surface area contributed by atoms with Crippen LogP contribution < -0.4 is 0 Å². The predicted molar refractivity (Wildman–Crippen MR) is 34.9 cm³/mol. The standard InChI is InChI=1S/C4H10O4P/c5-1-9(2-6,3-7)4-8/h1,6-8H,2-4H2/q+1. The quantitative estimate of drug-likeness (QED) is 0.359. The van der Waals surface area contributed by atoms with Gasteiger partial charge in [0.25, 0.3) is 6.03 Å². The Kier molecular flexibility index (Phi) is 3.89. The van der Waals surface area contributed by atoms with Gasteiger partial charge in [0.15, 0.2) is 26.3 Å². The van der Waals surface area contributed by atoms with E-state index in [1.165, 1.54) is 0 Å². The summed E-state index contributed by atoms with van der Waals surface area (Å²) in [4.78, 5) is 10.1. The molecule has 0 amide bonds. The van der Waals surface area contributed by atoms with Crippen molar-refractivity contribution in [1.82, 2.24) is 0 Å². The van der Waals surface area contributed by atoms with Crippen molar-refractivity contribution in [3.63, 3.8) is 0 Å².